The fraction of sp³-hybridized carbons (Fsp3) is 0.714. The van der Waals surface area contributed by atoms with Crippen LogP contribution in [0, 0.1) is 0 Å². The first-order chi connectivity index (χ1) is 9.43. The monoisotopic (exact) mass is 286 g/mol. The minimum Gasteiger partial charge on any atom is -0.481 e. The van der Waals surface area contributed by atoms with E-state index in [0.717, 1.165) is 0 Å². The van der Waals surface area contributed by atoms with Crippen LogP contribution in [0.4, 0.5) is 4.79 Å². The Bertz CT molecular complexity index is 318. The van der Waals surface area contributed by atoms with E-state index < -0.39 is 5.97 Å². The molecule has 116 valence electrons. The second-order valence-electron chi connectivity index (χ2n) is 4.79. The Morgan fingerprint density at radius 1 is 1.35 bits per heavy atom. The zero-order valence-corrected chi connectivity index (χ0v) is 12.7. The van der Waals surface area contributed by atoms with Crippen LogP contribution in [0.2, 0.25) is 0 Å². The highest BCUT2D eigenvalue weighted by Gasteiger charge is 2.22. The Morgan fingerprint density at radius 2 is 2.00 bits per heavy atom. The summed E-state index contributed by atoms with van der Waals surface area (Å²) in [6, 6.07) is -0.0894. The van der Waals surface area contributed by atoms with Gasteiger partial charge in [-0.1, -0.05) is 6.08 Å². The Hall–Kier alpha value is -1.56. The number of methoxy groups -OCH3 is 1. The molecule has 0 saturated carbocycles. The van der Waals surface area contributed by atoms with Crippen LogP contribution in [0.15, 0.2) is 12.7 Å². The molecular formula is C14H26N2O4. The number of carbonyl (C=O) groups is 2. The molecule has 6 heteroatoms. The fourth-order valence-corrected chi connectivity index (χ4v) is 1.78. The number of ether oxygens (including phenoxy) is 1. The second kappa shape index (κ2) is 10.3. The van der Waals surface area contributed by atoms with Crippen molar-refractivity contribution in [1.29, 1.82) is 0 Å². The minimum atomic E-state index is -0.844. The van der Waals surface area contributed by atoms with Crippen molar-refractivity contribution in [1.82, 2.24) is 9.80 Å². The van der Waals surface area contributed by atoms with E-state index in [9.17, 15) is 9.59 Å². The molecule has 0 radical (unpaired) electrons. The van der Waals surface area contributed by atoms with Crippen LogP contribution in [-0.4, -0.2) is 66.3 Å². The Balaban J connectivity index is 4.63. The molecular weight excluding hydrogens is 260 g/mol. The SMILES string of the molecule is C=CCN(CCOC)C(=O)N(CCCC(=O)O)C(C)C. The number of hydrogen-bond acceptors (Lipinski definition) is 3. The van der Waals surface area contributed by atoms with E-state index in [1.165, 1.54) is 0 Å². The number of amides is 2. The lowest BCUT2D eigenvalue weighted by atomic mass is 10.2. The molecule has 0 aromatic rings. The molecule has 0 atom stereocenters. The zero-order chi connectivity index (χ0) is 15.5. The first kappa shape index (κ1) is 18.4. The molecule has 0 fully saturated rings. The predicted molar refractivity (Wildman–Crippen MR) is 77.8 cm³/mol. The maximum Gasteiger partial charge on any atom is 0.320 e. The van der Waals surface area contributed by atoms with Crippen LogP contribution in [0.1, 0.15) is 26.7 Å². The highest BCUT2D eigenvalue weighted by molar-refractivity contribution is 5.75. The van der Waals surface area contributed by atoms with Gasteiger partial charge in [0.25, 0.3) is 0 Å². The van der Waals surface area contributed by atoms with Crippen molar-refractivity contribution in [2.45, 2.75) is 32.7 Å². The summed E-state index contributed by atoms with van der Waals surface area (Å²) < 4.78 is 5.00. The zero-order valence-electron chi connectivity index (χ0n) is 12.7. The molecule has 0 unspecified atom stereocenters. The normalized spacial score (nSPS) is 10.4. The van der Waals surface area contributed by atoms with Gasteiger partial charge in [0.05, 0.1) is 6.61 Å². The van der Waals surface area contributed by atoms with Crippen molar-refractivity contribution < 1.29 is 19.4 Å². The highest BCUT2D eigenvalue weighted by Crippen LogP contribution is 2.07. The van der Waals surface area contributed by atoms with Crippen LogP contribution < -0.4 is 0 Å². The molecule has 0 saturated heterocycles. The van der Waals surface area contributed by atoms with Crippen molar-refractivity contribution in [2.75, 3.05) is 33.4 Å². The van der Waals surface area contributed by atoms with Crippen molar-refractivity contribution in [3.05, 3.63) is 12.7 Å². The van der Waals surface area contributed by atoms with E-state index in [-0.39, 0.29) is 18.5 Å². The summed E-state index contributed by atoms with van der Waals surface area (Å²) in [7, 11) is 1.59. The van der Waals surface area contributed by atoms with Gasteiger partial charge in [-0.15, -0.1) is 6.58 Å². The minimum absolute atomic E-state index is 0.0196. The summed E-state index contributed by atoms with van der Waals surface area (Å²) >= 11 is 0. The summed E-state index contributed by atoms with van der Waals surface area (Å²) in [6.45, 7) is 9.32. The van der Waals surface area contributed by atoms with Crippen LogP contribution >= 0.6 is 0 Å². The van der Waals surface area contributed by atoms with Crippen molar-refractivity contribution in [3.8, 4) is 0 Å². The first-order valence-electron chi connectivity index (χ1n) is 6.81. The van der Waals surface area contributed by atoms with Crippen LogP contribution in [0.5, 0.6) is 0 Å². The third kappa shape index (κ3) is 7.13. The van der Waals surface area contributed by atoms with E-state index in [2.05, 4.69) is 6.58 Å². The van der Waals surface area contributed by atoms with Gasteiger partial charge in [0, 0.05) is 39.2 Å². The number of carbonyl (C=O) groups excluding carboxylic acids is 1. The Morgan fingerprint density at radius 3 is 2.45 bits per heavy atom. The third-order valence-corrected chi connectivity index (χ3v) is 2.84. The van der Waals surface area contributed by atoms with Crippen molar-refractivity contribution in [2.24, 2.45) is 0 Å². The van der Waals surface area contributed by atoms with Crippen LogP contribution in [0.25, 0.3) is 0 Å². The van der Waals surface area contributed by atoms with E-state index in [0.29, 0.717) is 32.7 Å². The lowest BCUT2D eigenvalue weighted by Gasteiger charge is -2.32. The molecule has 0 bridgehead atoms. The summed E-state index contributed by atoms with van der Waals surface area (Å²) in [5.41, 5.74) is 0. The standard InChI is InChI=1S/C14H26N2O4/c1-5-8-15(10-11-20-4)14(19)16(12(2)3)9-6-7-13(17)18/h5,12H,1,6-11H2,2-4H3,(H,17,18). The van der Waals surface area contributed by atoms with Crippen LogP contribution in [0.3, 0.4) is 0 Å². The van der Waals surface area contributed by atoms with Crippen LogP contribution in [-0.2, 0) is 9.53 Å². The number of nitrogens with zero attached hydrogens (tertiary/aromatic N) is 2. The molecule has 0 aliphatic rings. The Kier molecular flexibility index (Phi) is 9.45. The number of hydrogen-bond donors (Lipinski definition) is 1. The number of urea groups is 1. The number of aliphatic carboxylic acids is 1. The lowest BCUT2D eigenvalue weighted by molar-refractivity contribution is -0.137. The molecule has 0 heterocycles. The maximum atomic E-state index is 12.5. The number of rotatable bonds is 10. The van der Waals surface area contributed by atoms with Gasteiger partial charge in [-0.05, 0) is 20.3 Å². The van der Waals surface area contributed by atoms with Crippen molar-refractivity contribution >= 4 is 12.0 Å². The first-order valence-corrected chi connectivity index (χ1v) is 6.81. The molecule has 0 rings (SSSR count). The predicted octanol–water partition coefficient (Wildman–Crippen LogP) is 1.82. The molecule has 0 aliphatic carbocycles. The van der Waals surface area contributed by atoms with Gasteiger partial charge in [-0.3, -0.25) is 4.79 Å². The average Bonchev–Trinajstić information content (AvgIpc) is 2.38. The topological polar surface area (TPSA) is 70.1 Å². The molecule has 1 N–H and O–H groups in total. The van der Waals surface area contributed by atoms with Gasteiger partial charge < -0.3 is 19.6 Å². The molecule has 20 heavy (non-hydrogen) atoms. The van der Waals surface area contributed by atoms with E-state index in [4.69, 9.17) is 9.84 Å². The largest absolute Gasteiger partial charge is 0.481 e. The van der Waals surface area contributed by atoms with E-state index in [1.807, 2.05) is 13.8 Å². The number of carboxylic acid groups (broad SMARTS) is 1. The van der Waals surface area contributed by atoms with Gasteiger partial charge in [0.1, 0.15) is 0 Å². The molecule has 0 spiro atoms. The maximum absolute atomic E-state index is 12.5. The molecule has 0 aromatic carbocycles. The van der Waals surface area contributed by atoms with Gasteiger partial charge in [0.2, 0.25) is 0 Å². The van der Waals surface area contributed by atoms with Gasteiger partial charge in [0.15, 0.2) is 0 Å². The van der Waals surface area contributed by atoms with Gasteiger partial charge in [-0.25, -0.2) is 4.79 Å². The van der Waals surface area contributed by atoms with E-state index in [1.54, 1.807) is 23.0 Å². The molecule has 6 nitrogen and oxygen atoms in total. The van der Waals surface area contributed by atoms with Gasteiger partial charge in [-0.2, -0.15) is 0 Å². The smallest absolute Gasteiger partial charge is 0.320 e. The lowest BCUT2D eigenvalue weighted by Crippen LogP contribution is -2.48. The molecule has 2 amide bonds. The summed E-state index contributed by atoms with van der Waals surface area (Å²) in [5, 5.41) is 8.67. The third-order valence-electron chi connectivity index (χ3n) is 2.84. The second-order valence-corrected chi connectivity index (χ2v) is 4.79. The molecule has 0 aliphatic heterocycles. The highest BCUT2D eigenvalue weighted by atomic mass is 16.5. The Labute approximate surface area is 121 Å². The van der Waals surface area contributed by atoms with Crippen molar-refractivity contribution in [3.63, 3.8) is 0 Å². The summed E-state index contributed by atoms with van der Waals surface area (Å²) in [5.74, 6) is -0.844. The number of carboxylic acids is 1. The van der Waals surface area contributed by atoms with Gasteiger partial charge >= 0.3 is 12.0 Å². The van der Waals surface area contributed by atoms with E-state index >= 15 is 0 Å². The quantitative estimate of drug-likeness (QED) is 0.622. The summed E-state index contributed by atoms with van der Waals surface area (Å²) in [4.78, 5) is 26.3. The molecule has 0 aromatic heterocycles. The fourth-order valence-electron chi connectivity index (χ4n) is 1.78. The average molecular weight is 286 g/mol. The summed E-state index contributed by atoms with van der Waals surface area (Å²) in [6.07, 6.45) is 2.19.